The lowest BCUT2D eigenvalue weighted by Gasteiger charge is -2.53. The van der Waals surface area contributed by atoms with E-state index in [1.54, 1.807) is 19.0 Å². The van der Waals surface area contributed by atoms with Crippen molar-refractivity contribution >= 4 is 29.1 Å². The summed E-state index contributed by atoms with van der Waals surface area (Å²) < 4.78 is 7.54. The number of hydrogen-bond donors (Lipinski definition) is 2. The van der Waals surface area contributed by atoms with E-state index in [1.807, 2.05) is 79.0 Å². The molecule has 1 aromatic heterocycles. The molecule has 0 unspecified atom stereocenters. The van der Waals surface area contributed by atoms with Crippen LogP contribution in [0.5, 0.6) is 0 Å². The van der Waals surface area contributed by atoms with Gasteiger partial charge in [0.15, 0.2) is 5.82 Å². The Bertz CT molecular complexity index is 1820. The van der Waals surface area contributed by atoms with Gasteiger partial charge in [0.05, 0.1) is 30.6 Å². The quantitative estimate of drug-likeness (QED) is 0.272. The molecule has 0 atom stereocenters. The molecule has 2 fully saturated rings. The lowest BCUT2D eigenvalue weighted by molar-refractivity contribution is -0.0217. The van der Waals surface area contributed by atoms with Crippen LogP contribution in [0.2, 0.25) is 0 Å². The van der Waals surface area contributed by atoms with Crippen LogP contribution in [-0.2, 0) is 29.9 Å². The Labute approximate surface area is 286 Å². The van der Waals surface area contributed by atoms with Crippen molar-refractivity contribution < 1.29 is 19.1 Å². The highest BCUT2D eigenvalue weighted by Crippen LogP contribution is 2.49. The zero-order valence-electron chi connectivity index (χ0n) is 28.2. The summed E-state index contributed by atoms with van der Waals surface area (Å²) in [6.07, 6.45) is 5.07. The smallest absolute Gasteiger partial charge is 0.287 e. The minimum Gasteiger partial charge on any atom is -0.378 e. The number of benzene rings is 3. The monoisotopic (exact) mass is 661 g/mol. The van der Waals surface area contributed by atoms with Crippen molar-refractivity contribution in [3.05, 3.63) is 113 Å². The number of amides is 3. The number of imidazole rings is 1. The second kappa shape index (κ2) is 13.9. The van der Waals surface area contributed by atoms with Gasteiger partial charge in [-0.2, -0.15) is 0 Å². The maximum Gasteiger partial charge on any atom is 0.287 e. The molecular formula is C38H43N7O4. The van der Waals surface area contributed by atoms with Crippen LogP contribution >= 0.6 is 0 Å². The van der Waals surface area contributed by atoms with E-state index >= 15 is 0 Å². The van der Waals surface area contributed by atoms with Crippen molar-refractivity contribution in [3.63, 3.8) is 0 Å². The van der Waals surface area contributed by atoms with Gasteiger partial charge >= 0.3 is 0 Å². The van der Waals surface area contributed by atoms with E-state index in [0.29, 0.717) is 48.9 Å². The predicted octanol–water partition coefficient (Wildman–Crippen LogP) is 4.50. The highest BCUT2D eigenvalue weighted by atomic mass is 16.5. The normalized spacial score (nSPS) is 16.8. The van der Waals surface area contributed by atoms with Crippen molar-refractivity contribution in [2.45, 2.75) is 44.4 Å². The summed E-state index contributed by atoms with van der Waals surface area (Å²) in [6, 6.07) is 23.1. The Morgan fingerprint density at radius 1 is 0.857 bits per heavy atom. The molecule has 0 bridgehead atoms. The van der Waals surface area contributed by atoms with Crippen LogP contribution in [-0.4, -0.2) is 84.0 Å². The van der Waals surface area contributed by atoms with Crippen molar-refractivity contribution in [1.82, 2.24) is 24.7 Å². The molecule has 11 heteroatoms. The summed E-state index contributed by atoms with van der Waals surface area (Å²) >= 11 is 0. The highest BCUT2D eigenvalue weighted by Gasteiger charge is 2.49. The summed E-state index contributed by atoms with van der Waals surface area (Å²) in [5.41, 5.74) is 6.04. The number of anilines is 2. The van der Waals surface area contributed by atoms with Crippen molar-refractivity contribution in [1.29, 1.82) is 0 Å². The molecule has 0 radical (unpaired) electrons. The van der Waals surface area contributed by atoms with Crippen molar-refractivity contribution in [2.75, 3.05) is 57.2 Å². The first-order valence-electron chi connectivity index (χ1n) is 17.0. The van der Waals surface area contributed by atoms with Gasteiger partial charge in [-0.3, -0.25) is 19.3 Å². The zero-order chi connectivity index (χ0) is 34.0. The molecule has 7 rings (SSSR count). The summed E-state index contributed by atoms with van der Waals surface area (Å²) in [4.78, 5) is 49.6. The van der Waals surface area contributed by atoms with Crippen molar-refractivity contribution in [2.24, 2.45) is 0 Å². The molecular weight excluding hydrogens is 618 g/mol. The van der Waals surface area contributed by atoms with E-state index in [1.165, 1.54) is 0 Å². The fraction of sp³-hybridized carbons (Fsp3) is 0.368. The number of fused-ring (bicyclic) bond motifs is 2. The largest absolute Gasteiger partial charge is 0.378 e. The van der Waals surface area contributed by atoms with E-state index in [2.05, 4.69) is 30.0 Å². The number of aromatic nitrogens is 2. The minimum absolute atomic E-state index is 0.00233. The first-order valence-corrected chi connectivity index (χ1v) is 17.0. The number of morpholine rings is 1. The average molecular weight is 662 g/mol. The highest BCUT2D eigenvalue weighted by molar-refractivity contribution is 6.04. The topological polar surface area (TPSA) is 112 Å². The summed E-state index contributed by atoms with van der Waals surface area (Å²) in [7, 11) is 3.52. The third-order valence-electron chi connectivity index (χ3n) is 10.0. The minimum atomic E-state index is -0.201. The molecule has 1 aliphatic carbocycles. The Hall–Kier alpha value is -5.00. The van der Waals surface area contributed by atoms with Crippen LogP contribution < -0.4 is 15.5 Å². The van der Waals surface area contributed by atoms with E-state index in [4.69, 9.17) is 4.74 Å². The lowest BCUT2D eigenvalue weighted by atomic mass is 9.72. The van der Waals surface area contributed by atoms with Crippen LogP contribution in [0.3, 0.4) is 0 Å². The van der Waals surface area contributed by atoms with Crippen LogP contribution in [0, 0.1) is 0 Å². The SMILES string of the molecule is CN(C)C(=O)c1ccc(CN2CCn3c(cnc3C(=O)NCc3ccc(NC(=O)c4cccc(N5CCOCC5)c4)cc3)C23CCC3)cc1. The maximum absolute atomic E-state index is 13.4. The molecule has 2 N–H and O–H groups in total. The third-order valence-corrected chi connectivity index (χ3v) is 10.0. The molecule has 3 aliphatic rings. The van der Waals surface area contributed by atoms with Crippen LogP contribution in [0.1, 0.15) is 67.4 Å². The van der Waals surface area contributed by atoms with Crippen LogP contribution in [0.25, 0.3) is 0 Å². The van der Waals surface area contributed by atoms with Gasteiger partial charge in [0, 0.05) is 75.9 Å². The first kappa shape index (κ1) is 32.5. The molecule has 3 heterocycles. The van der Waals surface area contributed by atoms with Crippen molar-refractivity contribution in [3.8, 4) is 0 Å². The Kier molecular flexibility index (Phi) is 9.20. The zero-order valence-corrected chi connectivity index (χ0v) is 28.2. The summed E-state index contributed by atoms with van der Waals surface area (Å²) in [5, 5.41) is 6.03. The van der Waals surface area contributed by atoms with E-state index in [0.717, 1.165) is 67.9 Å². The standard InChI is InChI=1S/C38H43N7O4/c1-42(2)37(48)29-11-7-28(8-12-29)26-44-17-18-45-33(38(44)15-4-16-38)25-39-34(45)36(47)40-24-27-9-13-31(14-10-27)41-35(46)30-5-3-6-32(23-30)43-19-21-49-22-20-43/h3,5-14,23,25H,4,15-22,24,26H2,1-2H3,(H,40,47)(H,41,46). The molecule has 1 spiro atoms. The fourth-order valence-corrected chi connectivity index (χ4v) is 7.13. The molecule has 254 valence electrons. The van der Waals surface area contributed by atoms with E-state index in [-0.39, 0.29) is 23.3 Å². The Balaban J connectivity index is 0.954. The second-order valence-electron chi connectivity index (χ2n) is 13.3. The molecule has 49 heavy (non-hydrogen) atoms. The van der Waals surface area contributed by atoms with Gasteiger partial charge in [0.25, 0.3) is 17.7 Å². The number of ether oxygens (including phenoxy) is 1. The second-order valence-corrected chi connectivity index (χ2v) is 13.3. The average Bonchev–Trinajstić information content (AvgIpc) is 3.55. The van der Waals surface area contributed by atoms with Gasteiger partial charge < -0.3 is 29.7 Å². The Morgan fingerprint density at radius 2 is 1.59 bits per heavy atom. The third kappa shape index (κ3) is 6.68. The summed E-state index contributed by atoms with van der Waals surface area (Å²) in [5.74, 6) is 0.0680. The first-order chi connectivity index (χ1) is 23.8. The van der Waals surface area contributed by atoms with Gasteiger partial charge in [0.1, 0.15) is 0 Å². The lowest BCUT2D eigenvalue weighted by Crippen LogP contribution is -2.56. The Morgan fingerprint density at radius 3 is 2.29 bits per heavy atom. The van der Waals surface area contributed by atoms with Gasteiger partial charge in [0.2, 0.25) is 0 Å². The predicted molar refractivity (Wildman–Crippen MR) is 188 cm³/mol. The van der Waals surface area contributed by atoms with Crippen LogP contribution in [0.15, 0.2) is 79.0 Å². The number of carbonyl (C=O) groups is 3. The number of nitrogens with one attached hydrogen (secondary N) is 2. The molecule has 4 aromatic rings. The number of hydrogen-bond acceptors (Lipinski definition) is 7. The molecule has 3 amide bonds. The molecule has 11 nitrogen and oxygen atoms in total. The van der Waals surface area contributed by atoms with Gasteiger partial charge in [-0.25, -0.2) is 4.98 Å². The van der Waals surface area contributed by atoms with E-state index < -0.39 is 0 Å². The maximum atomic E-state index is 13.4. The van der Waals surface area contributed by atoms with Crippen LogP contribution in [0.4, 0.5) is 11.4 Å². The number of carbonyl (C=O) groups excluding carboxylic acids is 3. The van der Waals surface area contributed by atoms with Gasteiger partial charge in [-0.05, 0) is 72.9 Å². The molecule has 1 saturated carbocycles. The molecule has 2 aliphatic heterocycles. The fourth-order valence-electron chi connectivity index (χ4n) is 7.13. The number of rotatable bonds is 9. The summed E-state index contributed by atoms with van der Waals surface area (Å²) in [6.45, 7) is 5.61. The van der Waals surface area contributed by atoms with Gasteiger partial charge in [-0.1, -0.05) is 30.3 Å². The van der Waals surface area contributed by atoms with E-state index in [9.17, 15) is 14.4 Å². The molecule has 3 aromatic carbocycles. The number of nitrogens with zero attached hydrogens (tertiary/aromatic N) is 5. The van der Waals surface area contributed by atoms with Gasteiger partial charge in [-0.15, -0.1) is 0 Å². The molecule has 1 saturated heterocycles.